The first kappa shape index (κ1) is 10.7. The van der Waals surface area contributed by atoms with Crippen LogP contribution in [0.2, 0.25) is 5.15 Å². The Hall–Kier alpha value is -0.830. The standard InChI is InChI=1S/C11H16ClN3/c1-11(2)4-3-8(5-11)14-10-7-13-6-9(12)15-10/h6-8H,3-5H2,1-2H3,(H,14,15). The van der Waals surface area contributed by atoms with Gasteiger partial charge in [0.25, 0.3) is 0 Å². The SMILES string of the molecule is CC1(C)CCC(Nc2cncc(Cl)n2)C1. The lowest BCUT2D eigenvalue weighted by molar-refractivity contribution is 0.378. The van der Waals surface area contributed by atoms with E-state index in [9.17, 15) is 0 Å². The molecule has 0 aromatic carbocycles. The van der Waals surface area contributed by atoms with Crippen LogP contribution in [0.3, 0.4) is 0 Å². The molecule has 15 heavy (non-hydrogen) atoms. The highest BCUT2D eigenvalue weighted by Gasteiger charge is 2.30. The van der Waals surface area contributed by atoms with E-state index >= 15 is 0 Å². The van der Waals surface area contributed by atoms with Gasteiger partial charge in [-0.3, -0.25) is 4.98 Å². The molecule has 1 aromatic heterocycles. The van der Waals surface area contributed by atoms with E-state index in [1.807, 2.05) is 0 Å². The van der Waals surface area contributed by atoms with Gasteiger partial charge in [-0.15, -0.1) is 0 Å². The zero-order chi connectivity index (χ0) is 10.9. The minimum Gasteiger partial charge on any atom is -0.366 e. The van der Waals surface area contributed by atoms with Crippen molar-refractivity contribution in [2.45, 2.75) is 39.2 Å². The smallest absolute Gasteiger partial charge is 0.149 e. The molecule has 4 heteroatoms. The largest absolute Gasteiger partial charge is 0.366 e. The van der Waals surface area contributed by atoms with Crippen LogP contribution in [0.1, 0.15) is 33.1 Å². The fourth-order valence-electron chi connectivity index (χ4n) is 2.18. The molecule has 0 amide bonds. The third-order valence-corrected chi connectivity index (χ3v) is 3.11. The molecular formula is C11H16ClN3. The van der Waals surface area contributed by atoms with Gasteiger partial charge in [-0.2, -0.15) is 0 Å². The lowest BCUT2D eigenvalue weighted by Crippen LogP contribution is -2.18. The molecule has 1 unspecified atom stereocenters. The first-order valence-corrected chi connectivity index (χ1v) is 5.67. The summed E-state index contributed by atoms with van der Waals surface area (Å²) in [5.74, 6) is 0.783. The van der Waals surface area contributed by atoms with Crippen molar-refractivity contribution in [2.24, 2.45) is 5.41 Å². The van der Waals surface area contributed by atoms with Gasteiger partial charge in [-0.05, 0) is 24.7 Å². The highest BCUT2D eigenvalue weighted by atomic mass is 35.5. The highest BCUT2D eigenvalue weighted by molar-refractivity contribution is 6.29. The van der Waals surface area contributed by atoms with Gasteiger partial charge < -0.3 is 5.32 Å². The normalized spacial score (nSPS) is 24.1. The molecule has 0 aliphatic heterocycles. The monoisotopic (exact) mass is 225 g/mol. The van der Waals surface area contributed by atoms with Crippen LogP contribution in [-0.2, 0) is 0 Å². The number of rotatable bonds is 2. The minimum absolute atomic E-state index is 0.442. The van der Waals surface area contributed by atoms with Crippen molar-refractivity contribution in [3.8, 4) is 0 Å². The Morgan fingerprint density at radius 1 is 1.47 bits per heavy atom. The zero-order valence-electron chi connectivity index (χ0n) is 9.13. The van der Waals surface area contributed by atoms with E-state index in [-0.39, 0.29) is 0 Å². The van der Waals surface area contributed by atoms with E-state index in [4.69, 9.17) is 11.6 Å². The topological polar surface area (TPSA) is 37.8 Å². The summed E-state index contributed by atoms with van der Waals surface area (Å²) in [7, 11) is 0. The van der Waals surface area contributed by atoms with Gasteiger partial charge in [0.1, 0.15) is 11.0 Å². The molecule has 1 atom stereocenters. The second-order valence-corrected chi connectivity index (χ2v) is 5.36. The quantitative estimate of drug-likeness (QED) is 0.841. The Kier molecular flexibility index (Phi) is 2.83. The van der Waals surface area contributed by atoms with E-state index in [2.05, 4.69) is 29.1 Å². The van der Waals surface area contributed by atoms with Crippen LogP contribution in [0.25, 0.3) is 0 Å². The van der Waals surface area contributed by atoms with Crippen LogP contribution >= 0.6 is 11.6 Å². The Morgan fingerprint density at radius 3 is 2.87 bits per heavy atom. The van der Waals surface area contributed by atoms with Crippen molar-refractivity contribution < 1.29 is 0 Å². The Bertz CT molecular complexity index is 351. The summed E-state index contributed by atoms with van der Waals surface area (Å²) in [5.41, 5.74) is 0.448. The molecular weight excluding hydrogens is 210 g/mol. The van der Waals surface area contributed by atoms with Crippen LogP contribution in [0.15, 0.2) is 12.4 Å². The lowest BCUT2D eigenvalue weighted by atomic mass is 9.92. The second kappa shape index (κ2) is 3.97. The van der Waals surface area contributed by atoms with E-state index in [0.717, 1.165) is 5.82 Å². The van der Waals surface area contributed by atoms with Crippen LogP contribution in [0, 0.1) is 5.41 Å². The van der Waals surface area contributed by atoms with E-state index in [0.29, 0.717) is 16.6 Å². The van der Waals surface area contributed by atoms with Crippen LogP contribution < -0.4 is 5.32 Å². The molecule has 1 aromatic rings. The van der Waals surface area contributed by atoms with E-state index in [1.54, 1.807) is 12.4 Å². The molecule has 1 fully saturated rings. The molecule has 0 saturated heterocycles. The number of halogens is 1. The predicted octanol–water partition coefficient (Wildman–Crippen LogP) is 3.12. The Morgan fingerprint density at radius 2 is 2.27 bits per heavy atom. The maximum atomic E-state index is 5.77. The van der Waals surface area contributed by atoms with Gasteiger partial charge in [0.2, 0.25) is 0 Å². The maximum Gasteiger partial charge on any atom is 0.149 e. The van der Waals surface area contributed by atoms with Crippen molar-refractivity contribution in [3.05, 3.63) is 17.5 Å². The number of hydrogen-bond donors (Lipinski definition) is 1. The van der Waals surface area contributed by atoms with Gasteiger partial charge in [0, 0.05) is 6.04 Å². The number of nitrogens with one attached hydrogen (secondary N) is 1. The third kappa shape index (κ3) is 2.81. The molecule has 0 radical (unpaired) electrons. The fourth-order valence-corrected chi connectivity index (χ4v) is 2.33. The molecule has 0 spiro atoms. The fraction of sp³-hybridized carbons (Fsp3) is 0.636. The van der Waals surface area contributed by atoms with Crippen molar-refractivity contribution in [3.63, 3.8) is 0 Å². The highest BCUT2D eigenvalue weighted by Crippen LogP contribution is 2.38. The molecule has 2 rings (SSSR count). The van der Waals surface area contributed by atoms with E-state index in [1.165, 1.54) is 19.3 Å². The van der Waals surface area contributed by atoms with Crippen molar-refractivity contribution in [1.29, 1.82) is 0 Å². The minimum atomic E-state index is 0.442. The van der Waals surface area contributed by atoms with E-state index < -0.39 is 0 Å². The molecule has 82 valence electrons. The molecule has 0 bridgehead atoms. The van der Waals surface area contributed by atoms with Crippen LogP contribution in [0.4, 0.5) is 5.82 Å². The average molecular weight is 226 g/mol. The number of hydrogen-bond acceptors (Lipinski definition) is 3. The maximum absolute atomic E-state index is 5.77. The zero-order valence-corrected chi connectivity index (χ0v) is 9.88. The summed E-state index contributed by atoms with van der Waals surface area (Å²) >= 11 is 5.77. The van der Waals surface area contributed by atoms with Crippen LogP contribution in [-0.4, -0.2) is 16.0 Å². The molecule has 1 aliphatic rings. The van der Waals surface area contributed by atoms with Gasteiger partial charge in [0.15, 0.2) is 0 Å². The number of anilines is 1. The summed E-state index contributed by atoms with van der Waals surface area (Å²) < 4.78 is 0. The van der Waals surface area contributed by atoms with Gasteiger partial charge in [-0.1, -0.05) is 25.4 Å². The number of nitrogens with zero attached hydrogens (tertiary/aromatic N) is 2. The first-order chi connectivity index (χ1) is 7.05. The molecule has 1 heterocycles. The van der Waals surface area contributed by atoms with Crippen molar-refractivity contribution >= 4 is 17.4 Å². The van der Waals surface area contributed by atoms with Crippen molar-refractivity contribution in [1.82, 2.24) is 9.97 Å². The Balaban J connectivity index is 1.99. The molecule has 3 nitrogen and oxygen atoms in total. The molecule has 1 aliphatic carbocycles. The summed E-state index contributed by atoms with van der Waals surface area (Å²) in [4.78, 5) is 8.18. The molecule has 1 N–H and O–H groups in total. The van der Waals surface area contributed by atoms with Gasteiger partial charge >= 0.3 is 0 Å². The predicted molar refractivity (Wildman–Crippen MR) is 62.1 cm³/mol. The van der Waals surface area contributed by atoms with Crippen molar-refractivity contribution in [2.75, 3.05) is 5.32 Å². The summed E-state index contributed by atoms with van der Waals surface area (Å²) in [6, 6.07) is 0.507. The van der Waals surface area contributed by atoms with Gasteiger partial charge in [-0.25, -0.2) is 4.98 Å². The summed E-state index contributed by atoms with van der Waals surface area (Å²) in [6.07, 6.45) is 6.91. The van der Waals surface area contributed by atoms with Crippen LogP contribution in [0.5, 0.6) is 0 Å². The second-order valence-electron chi connectivity index (χ2n) is 4.98. The summed E-state index contributed by atoms with van der Waals surface area (Å²) in [5, 5.41) is 3.82. The third-order valence-electron chi connectivity index (χ3n) is 2.93. The Labute approximate surface area is 95.3 Å². The number of aromatic nitrogens is 2. The average Bonchev–Trinajstić information content (AvgIpc) is 2.45. The molecule has 1 saturated carbocycles. The first-order valence-electron chi connectivity index (χ1n) is 5.29. The summed E-state index contributed by atoms with van der Waals surface area (Å²) in [6.45, 7) is 4.61. The lowest BCUT2D eigenvalue weighted by Gasteiger charge is -2.18. The van der Waals surface area contributed by atoms with Gasteiger partial charge in [0.05, 0.1) is 12.4 Å².